The average Bonchev–Trinajstić information content (AvgIpc) is 3.55. The third-order valence-electron chi connectivity index (χ3n) is 9.01. The van der Waals surface area contributed by atoms with Gasteiger partial charge in [0, 0.05) is 29.2 Å². The van der Waals surface area contributed by atoms with E-state index in [0.29, 0.717) is 6.07 Å². The number of alkyl halides is 6. The van der Waals surface area contributed by atoms with Gasteiger partial charge in [0.15, 0.2) is 5.82 Å². The Morgan fingerprint density at radius 3 is 2.41 bits per heavy atom. The summed E-state index contributed by atoms with van der Waals surface area (Å²) in [6, 6.07) is 7.36. The van der Waals surface area contributed by atoms with Crippen molar-refractivity contribution in [1.82, 2.24) is 20.1 Å². The van der Waals surface area contributed by atoms with Crippen LogP contribution in [0.5, 0.6) is 0 Å². The highest BCUT2D eigenvalue weighted by Crippen LogP contribution is 2.43. The average molecular weight is 826 g/mol. The molecule has 1 aliphatic carbocycles. The number of carbonyl (C=O) groups excluding carboxylic acids is 1. The number of anilines is 1. The quantitative estimate of drug-likeness (QED) is 0.103. The highest BCUT2D eigenvalue weighted by Gasteiger charge is 2.49. The highest BCUT2D eigenvalue weighted by atomic mass is 35.5. The maximum absolute atomic E-state index is 15.0. The molecule has 1 saturated carbocycles. The maximum atomic E-state index is 15.0. The van der Waals surface area contributed by atoms with Crippen molar-refractivity contribution in [2.75, 3.05) is 18.5 Å². The van der Waals surface area contributed by atoms with Crippen LogP contribution in [0, 0.1) is 29.4 Å². The zero-order valence-corrected chi connectivity index (χ0v) is 31.9. The summed E-state index contributed by atoms with van der Waals surface area (Å²) in [6.07, 6.45) is -5.48. The van der Waals surface area contributed by atoms with E-state index in [2.05, 4.69) is 27.2 Å². The number of allylic oxidation sites excluding steroid dienone is 2. The van der Waals surface area contributed by atoms with Gasteiger partial charge in [-0.15, -0.1) is 11.8 Å². The third-order valence-corrected chi connectivity index (χ3v) is 10.4. The van der Waals surface area contributed by atoms with E-state index in [4.69, 9.17) is 28.1 Å². The van der Waals surface area contributed by atoms with Crippen LogP contribution in [0.3, 0.4) is 0 Å². The summed E-state index contributed by atoms with van der Waals surface area (Å²) in [6.45, 7) is 3.15. The molecule has 2 aromatic carbocycles. The second-order valence-corrected chi connectivity index (χ2v) is 15.5. The molecule has 0 saturated heterocycles. The summed E-state index contributed by atoms with van der Waals surface area (Å²) in [7, 11) is 0. The number of thioether (sulfide) groups is 1. The minimum Gasteiger partial charge on any atom is -0.397 e. The number of fused-ring (bicyclic) bond motifs is 1. The van der Waals surface area contributed by atoms with Gasteiger partial charge in [0.05, 0.1) is 38.1 Å². The first-order valence-corrected chi connectivity index (χ1v) is 18.6. The molecular formula is C38H36ClF8N7OS. The van der Waals surface area contributed by atoms with Crippen molar-refractivity contribution in [3.8, 4) is 23.0 Å². The number of pyridine rings is 1. The minimum atomic E-state index is -3.68. The standard InChI is InChI=1S/C38H36ClF8N7OS/c1-18-15-38(46,47)34(29(18)31(48)35(44)45)50-16-28(55)52-26(13-19-11-20(40)14-21(41)12-19)32-23(6-5-22(51-32)9-10-37(2,3)56-4)24-7-8-25(39)30-33(24)54(17-27(42)43)53-36(30)49/h5-8,11-12,14,18,26-27,35H,13,15-17,48H2,1-4H3,(H2,49,53)(H,52,55)/t18-,26?/m0/s1. The zero-order valence-electron chi connectivity index (χ0n) is 30.3. The Kier molecular flexibility index (Phi) is 12.6. The van der Waals surface area contributed by atoms with E-state index >= 15 is 8.78 Å². The predicted octanol–water partition coefficient (Wildman–Crippen LogP) is 8.36. The van der Waals surface area contributed by atoms with Crippen molar-refractivity contribution in [2.45, 2.75) is 69.7 Å². The Balaban J connectivity index is 1.72. The molecule has 298 valence electrons. The van der Waals surface area contributed by atoms with Crippen molar-refractivity contribution in [3.05, 3.63) is 87.3 Å². The number of aliphatic imine (C=N–C) groups is 1. The van der Waals surface area contributed by atoms with Crippen LogP contribution in [-0.2, 0) is 17.8 Å². The van der Waals surface area contributed by atoms with Gasteiger partial charge in [0.25, 0.3) is 18.8 Å². The first-order valence-electron chi connectivity index (χ1n) is 17.0. The molecule has 1 fully saturated rings. The molecule has 4 aromatic rings. The van der Waals surface area contributed by atoms with Crippen LogP contribution >= 0.6 is 23.4 Å². The number of aromatic nitrogens is 3. The second kappa shape index (κ2) is 16.7. The Morgan fingerprint density at radius 2 is 1.79 bits per heavy atom. The van der Waals surface area contributed by atoms with Crippen molar-refractivity contribution in [1.29, 1.82) is 0 Å². The predicted molar refractivity (Wildman–Crippen MR) is 202 cm³/mol. The monoisotopic (exact) mass is 825 g/mol. The number of nitrogens with two attached hydrogens (primary N) is 2. The Hall–Kier alpha value is -4.82. The van der Waals surface area contributed by atoms with Gasteiger partial charge in [0.1, 0.15) is 36.1 Å². The third kappa shape index (κ3) is 9.40. The van der Waals surface area contributed by atoms with Crippen LogP contribution in [0.25, 0.3) is 22.0 Å². The number of nitrogens with zero attached hydrogens (tertiary/aromatic N) is 4. The van der Waals surface area contributed by atoms with E-state index in [9.17, 15) is 31.1 Å². The van der Waals surface area contributed by atoms with E-state index in [1.807, 2.05) is 20.1 Å². The summed E-state index contributed by atoms with van der Waals surface area (Å²) in [5.41, 5.74) is 9.67. The summed E-state index contributed by atoms with van der Waals surface area (Å²) in [5, 5.41) is 6.95. The Labute approximate surface area is 326 Å². The summed E-state index contributed by atoms with van der Waals surface area (Å²) in [5.74, 6) is -1.75. The van der Waals surface area contributed by atoms with Crippen LogP contribution < -0.4 is 16.8 Å². The molecule has 0 aliphatic heterocycles. The lowest BCUT2D eigenvalue weighted by Crippen LogP contribution is -2.34. The number of carbonyl (C=O) groups is 1. The lowest BCUT2D eigenvalue weighted by molar-refractivity contribution is -0.120. The first-order chi connectivity index (χ1) is 26.2. The van der Waals surface area contributed by atoms with E-state index < -0.39 is 89.5 Å². The van der Waals surface area contributed by atoms with E-state index in [0.717, 1.165) is 16.8 Å². The van der Waals surface area contributed by atoms with Crippen LogP contribution in [0.1, 0.15) is 50.2 Å². The van der Waals surface area contributed by atoms with E-state index in [-0.39, 0.29) is 56.2 Å². The number of hydrogen-bond donors (Lipinski definition) is 3. The van der Waals surface area contributed by atoms with Gasteiger partial charge in [-0.1, -0.05) is 30.5 Å². The Bertz CT molecular complexity index is 2260. The molecule has 18 heteroatoms. The van der Waals surface area contributed by atoms with Crippen molar-refractivity contribution in [3.63, 3.8) is 0 Å². The van der Waals surface area contributed by atoms with E-state index in [1.165, 1.54) is 36.9 Å². The molecule has 0 bridgehead atoms. The van der Waals surface area contributed by atoms with Gasteiger partial charge in [0.2, 0.25) is 5.91 Å². The number of nitrogens with one attached hydrogen (secondary N) is 1. The summed E-state index contributed by atoms with van der Waals surface area (Å²) in [4.78, 5) is 22.2. The lowest BCUT2D eigenvalue weighted by atomic mass is 9.93. The molecule has 8 nitrogen and oxygen atoms in total. The molecule has 1 aliphatic rings. The van der Waals surface area contributed by atoms with Crippen LogP contribution in [0.2, 0.25) is 5.02 Å². The Morgan fingerprint density at radius 1 is 1.12 bits per heavy atom. The van der Waals surface area contributed by atoms with Crippen molar-refractivity contribution < 1.29 is 39.9 Å². The molecule has 2 heterocycles. The van der Waals surface area contributed by atoms with Crippen LogP contribution in [0.4, 0.5) is 40.9 Å². The maximum Gasteiger partial charge on any atom is 0.290 e. The zero-order chi connectivity index (χ0) is 41.3. The summed E-state index contributed by atoms with van der Waals surface area (Å²) < 4.78 is 114. The topological polar surface area (TPSA) is 124 Å². The second-order valence-electron chi connectivity index (χ2n) is 13.6. The molecule has 56 heavy (non-hydrogen) atoms. The molecule has 2 aromatic heterocycles. The normalized spacial score (nSPS) is 17.8. The molecule has 1 unspecified atom stereocenters. The highest BCUT2D eigenvalue weighted by molar-refractivity contribution is 8.00. The van der Waals surface area contributed by atoms with Gasteiger partial charge in [-0.2, -0.15) is 13.9 Å². The van der Waals surface area contributed by atoms with E-state index in [1.54, 1.807) is 6.07 Å². The molecule has 5 rings (SSSR count). The van der Waals surface area contributed by atoms with Gasteiger partial charge in [-0.25, -0.2) is 31.3 Å². The van der Waals surface area contributed by atoms with Crippen LogP contribution in [-0.4, -0.2) is 62.7 Å². The summed E-state index contributed by atoms with van der Waals surface area (Å²) >= 11 is 7.92. The number of hydrogen-bond acceptors (Lipinski definition) is 7. The van der Waals surface area contributed by atoms with Gasteiger partial charge in [-0.05, 0) is 74.3 Å². The molecule has 0 spiro atoms. The smallest absolute Gasteiger partial charge is 0.290 e. The number of halogens is 9. The SMILES string of the molecule is CSC(C)(C)C#Cc1ccc(-c2ccc(Cl)c3c(N)nn(CC(F)F)c23)c(C(Cc2cc(F)cc(F)c2)NC(=O)CN=C2C(=C(N)C(F)F)[C@@H](C)CC2(F)F)n1. The van der Waals surface area contributed by atoms with Crippen LogP contribution in [0.15, 0.2) is 58.7 Å². The van der Waals surface area contributed by atoms with Gasteiger partial charge < -0.3 is 16.8 Å². The van der Waals surface area contributed by atoms with Gasteiger partial charge in [-0.3, -0.25) is 14.5 Å². The molecular weight excluding hydrogens is 790 g/mol. The molecule has 2 atom stereocenters. The first kappa shape index (κ1) is 42.3. The number of nitrogen functional groups attached to an aromatic ring is 1. The lowest BCUT2D eigenvalue weighted by Gasteiger charge is -2.23. The number of rotatable bonds is 11. The van der Waals surface area contributed by atoms with Crippen molar-refractivity contribution in [2.24, 2.45) is 16.6 Å². The largest absolute Gasteiger partial charge is 0.397 e. The molecule has 5 N–H and O–H groups in total. The fourth-order valence-corrected chi connectivity index (χ4v) is 6.82. The van der Waals surface area contributed by atoms with Gasteiger partial charge >= 0.3 is 0 Å². The fourth-order valence-electron chi connectivity index (χ4n) is 6.42. The number of benzene rings is 2. The minimum absolute atomic E-state index is 0.0127. The molecule has 1 amide bonds. The van der Waals surface area contributed by atoms with Crippen molar-refractivity contribution >= 4 is 51.7 Å². The number of amides is 1. The fraction of sp³-hybridized carbons (Fsp3) is 0.368. The molecule has 0 radical (unpaired) electrons.